The van der Waals surface area contributed by atoms with Gasteiger partial charge in [-0.1, -0.05) is 6.07 Å². The number of carbonyl (C=O) groups excluding carboxylic acids is 1. The third-order valence-corrected chi connectivity index (χ3v) is 4.62. The number of rotatable bonds is 4. The Hall–Kier alpha value is -1.75. The van der Waals surface area contributed by atoms with E-state index in [2.05, 4.69) is 5.32 Å². The lowest BCUT2D eigenvalue weighted by atomic mass is 9.94. The minimum absolute atomic E-state index is 0.108. The lowest BCUT2D eigenvalue weighted by Crippen LogP contribution is -2.39. The van der Waals surface area contributed by atoms with Crippen molar-refractivity contribution in [3.63, 3.8) is 0 Å². The Kier molecular flexibility index (Phi) is 3.03. The van der Waals surface area contributed by atoms with E-state index >= 15 is 0 Å². The summed E-state index contributed by atoms with van der Waals surface area (Å²) in [7, 11) is 0. The van der Waals surface area contributed by atoms with Gasteiger partial charge in [0.1, 0.15) is 0 Å². The molecule has 1 aromatic rings. The number of fused-ring (bicyclic) bond motifs is 1. The van der Waals surface area contributed by atoms with E-state index in [0.717, 1.165) is 49.4 Å². The fourth-order valence-electron chi connectivity index (χ4n) is 3.15. The first kappa shape index (κ1) is 13.0. The van der Waals surface area contributed by atoms with E-state index in [4.69, 9.17) is 14.2 Å². The minimum atomic E-state index is -0.375. The molecule has 2 fully saturated rings. The molecule has 4 rings (SSSR count). The third-order valence-electron chi connectivity index (χ3n) is 4.62. The molecule has 3 aliphatic rings. The SMILES string of the molecule is O=C(NCC1CCCO1)C1(c2ccc3c(c2)OCO3)CC1. The molecular formula is C16H19NO4. The van der Waals surface area contributed by atoms with Crippen LogP contribution in [-0.4, -0.2) is 32.0 Å². The molecule has 0 radical (unpaired) electrons. The molecule has 2 aliphatic heterocycles. The van der Waals surface area contributed by atoms with Crippen LogP contribution in [0, 0.1) is 0 Å². The average Bonchev–Trinajstić information content (AvgIpc) is 2.95. The van der Waals surface area contributed by atoms with Crippen LogP contribution in [0.5, 0.6) is 11.5 Å². The maximum Gasteiger partial charge on any atom is 0.231 e. The number of hydrogen-bond acceptors (Lipinski definition) is 4. The summed E-state index contributed by atoms with van der Waals surface area (Å²) in [4.78, 5) is 12.5. The van der Waals surface area contributed by atoms with Gasteiger partial charge < -0.3 is 19.5 Å². The van der Waals surface area contributed by atoms with Crippen LogP contribution in [-0.2, 0) is 14.9 Å². The lowest BCUT2D eigenvalue weighted by molar-refractivity contribution is -0.124. The van der Waals surface area contributed by atoms with Crippen LogP contribution in [0.3, 0.4) is 0 Å². The summed E-state index contributed by atoms with van der Waals surface area (Å²) >= 11 is 0. The summed E-state index contributed by atoms with van der Waals surface area (Å²) in [5.41, 5.74) is 0.649. The maximum atomic E-state index is 12.5. The van der Waals surface area contributed by atoms with Gasteiger partial charge in [-0.05, 0) is 43.4 Å². The molecule has 21 heavy (non-hydrogen) atoms. The Labute approximate surface area is 123 Å². The summed E-state index contributed by atoms with van der Waals surface area (Å²) in [6.45, 7) is 1.69. The number of ether oxygens (including phenoxy) is 3. The van der Waals surface area contributed by atoms with E-state index < -0.39 is 0 Å². The number of amides is 1. The number of carbonyl (C=O) groups is 1. The van der Waals surface area contributed by atoms with Crippen molar-refractivity contribution in [2.45, 2.75) is 37.2 Å². The Morgan fingerprint density at radius 3 is 2.90 bits per heavy atom. The van der Waals surface area contributed by atoms with Gasteiger partial charge in [-0.15, -0.1) is 0 Å². The van der Waals surface area contributed by atoms with Gasteiger partial charge in [0.05, 0.1) is 11.5 Å². The van der Waals surface area contributed by atoms with Crippen LogP contribution in [0.15, 0.2) is 18.2 Å². The van der Waals surface area contributed by atoms with Crippen molar-refractivity contribution >= 4 is 5.91 Å². The van der Waals surface area contributed by atoms with Gasteiger partial charge in [0.25, 0.3) is 0 Å². The van der Waals surface area contributed by atoms with Crippen molar-refractivity contribution in [2.75, 3.05) is 19.9 Å². The normalized spacial score (nSPS) is 24.9. The lowest BCUT2D eigenvalue weighted by Gasteiger charge is -2.18. The molecule has 112 valence electrons. The average molecular weight is 289 g/mol. The maximum absolute atomic E-state index is 12.5. The minimum Gasteiger partial charge on any atom is -0.454 e. The highest BCUT2D eigenvalue weighted by atomic mass is 16.7. The number of hydrogen-bond donors (Lipinski definition) is 1. The second-order valence-electron chi connectivity index (χ2n) is 6.00. The van der Waals surface area contributed by atoms with Gasteiger partial charge >= 0.3 is 0 Å². The molecule has 5 heteroatoms. The summed E-state index contributed by atoms with van der Waals surface area (Å²) in [6.07, 6.45) is 4.10. The summed E-state index contributed by atoms with van der Waals surface area (Å²) in [6, 6.07) is 5.82. The largest absolute Gasteiger partial charge is 0.454 e. The van der Waals surface area contributed by atoms with Crippen LogP contribution in [0.1, 0.15) is 31.2 Å². The predicted molar refractivity (Wildman–Crippen MR) is 75.5 cm³/mol. The quantitative estimate of drug-likeness (QED) is 0.917. The van der Waals surface area contributed by atoms with Crippen LogP contribution >= 0.6 is 0 Å². The van der Waals surface area contributed by atoms with E-state index in [9.17, 15) is 4.79 Å². The van der Waals surface area contributed by atoms with Gasteiger partial charge in [-0.2, -0.15) is 0 Å². The van der Waals surface area contributed by atoms with Crippen molar-refractivity contribution < 1.29 is 19.0 Å². The highest BCUT2D eigenvalue weighted by Crippen LogP contribution is 2.50. The Morgan fingerprint density at radius 1 is 1.29 bits per heavy atom. The topological polar surface area (TPSA) is 56.8 Å². The summed E-state index contributed by atoms with van der Waals surface area (Å²) in [5.74, 6) is 1.61. The van der Waals surface area contributed by atoms with E-state index in [1.165, 1.54) is 0 Å². The second-order valence-corrected chi connectivity index (χ2v) is 6.00. The first-order chi connectivity index (χ1) is 10.3. The van der Waals surface area contributed by atoms with Gasteiger partial charge in [-0.25, -0.2) is 0 Å². The molecule has 0 aromatic heterocycles. The smallest absolute Gasteiger partial charge is 0.231 e. The third kappa shape index (κ3) is 2.25. The van der Waals surface area contributed by atoms with Crippen molar-refractivity contribution in [1.29, 1.82) is 0 Å². The Morgan fingerprint density at radius 2 is 2.14 bits per heavy atom. The van der Waals surface area contributed by atoms with Crippen molar-refractivity contribution in [2.24, 2.45) is 0 Å². The second kappa shape index (κ2) is 4.91. The van der Waals surface area contributed by atoms with E-state index in [-0.39, 0.29) is 24.2 Å². The first-order valence-electron chi connectivity index (χ1n) is 7.58. The zero-order chi connectivity index (χ0) is 14.3. The van der Waals surface area contributed by atoms with E-state index in [1.54, 1.807) is 0 Å². The molecule has 1 N–H and O–H groups in total. The molecule has 1 saturated heterocycles. The van der Waals surface area contributed by atoms with E-state index in [1.807, 2.05) is 18.2 Å². The zero-order valence-electron chi connectivity index (χ0n) is 11.9. The predicted octanol–water partition coefficient (Wildman–Crippen LogP) is 1.74. The highest BCUT2D eigenvalue weighted by molar-refractivity contribution is 5.91. The highest BCUT2D eigenvalue weighted by Gasteiger charge is 2.51. The zero-order valence-corrected chi connectivity index (χ0v) is 11.9. The molecule has 0 bridgehead atoms. The Balaban J connectivity index is 1.46. The van der Waals surface area contributed by atoms with Gasteiger partial charge in [0.15, 0.2) is 11.5 Å². The molecule has 1 amide bonds. The van der Waals surface area contributed by atoms with Crippen LogP contribution in [0.4, 0.5) is 0 Å². The van der Waals surface area contributed by atoms with Crippen LogP contribution in [0.25, 0.3) is 0 Å². The number of nitrogens with one attached hydrogen (secondary N) is 1. The van der Waals surface area contributed by atoms with Crippen molar-refractivity contribution in [1.82, 2.24) is 5.32 Å². The fourth-order valence-corrected chi connectivity index (χ4v) is 3.15. The molecule has 1 aromatic carbocycles. The monoisotopic (exact) mass is 289 g/mol. The van der Waals surface area contributed by atoms with Gasteiger partial charge in [0, 0.05) is 13.2 Å². The molecule has 1 aliphatic carbocycles. The molecule has 1 unspecified atom stereocenters. The molecule has 1 saturated carbocycles. The number of benzene rings is 1. The van der Waals surface area contributed by atoms with Gasteiger partial charge in [0.2, 0.25) is 12.7 Å². The molecular weight excluding hydrogens is 270 g/mol. The van der Waals surface area contributed by atoms with Crippen LogP contribution < -0.4 is 14.8 Å². The molecule has 2 heterocycles. The fraction of sp³-hybridized carbons (Fsp3) is 0.562. The molecule has 5 nitrogen and oxygen atoms in total. The summed E-state index contributed by atoms with van der Waals surface area (Å²) in [5, 5.41) is 3.06. The van der Waals surface area contributed by atoms with E-state index in [0.29, 0.717) is 6.54 Å². The van der Waals surface area contributed by atoms with Crippen molar-refractivity contribution in [3.8, 4) is 11.5 Å². The van der Waals surface area contributed by atoms with Crippen molar-refractivity contribution in [3.05, 3.63) is 23.8 Å². The first-order valence-corrected chi connectivity index (χ1v) is 7.58. The van der Waals surface area contributed by atoms with Crippen LogP contribution in [0.2, 0.25) is 0 Å². The molecule has 1 atom stereocenters. The standard InChI is InChI=1S/C16H19NO4/c18-15(17-9-12-2-1-7-19-12)16(5-6-16)11-3-4-13-14(8-11)21-10-20-13/h3-4,8,12H,1-2,5-7,9-10H2,(H,17,18). The molecule has 0 spiro atoms. The summed E-state index contributed by atoms with van der Waals surface area (Å²) < 4.78 is 16.3. The Bertz CT molecular complexity index is 561. The van der Waals surface area contributed by atoms with Gasteiger partial charge in [-0.3, -0.25) is 4.79 Å².